The number of aliphatic hydroxyl groups excluding tert-OH is 1. The zero-order chi connectivity index (χ0) is 21.7. The fraction of sp³-hybridized carbons (Fsp3) is 0.455. The highest BCUT2D eigenvalue weighted by atomic mass is 32.2. The second kappa shape index (κ2) is 9.78. The van der Waals surface area contributed by atoms with E-state index in [-0.39, 0.29) is 11.4 Å². The molecule has 0 radical (unpaired) electrons. The van der Waals surface area contributed by atoms with Gasteiger partial charge in [-0.15, -0.1) is 0 Å². The SMILES string of the molecule is COc1ccccc1N(C[C@H](O)CN1CCN(C)CC1)S(=O)(=O)c1ccc(C)cc1. The molecule has 0 saturated carbocycles. The van der Waals surface area contributed by atoms with Crippen molar-refractivity contribution >= 4 is 15.7 Å². The van der Waals surface area contributed by atoms with E-state index in [1.54, 1.807) is 48.5 Å². The Morgan fingerprint density at radius 2 is 1.70 bits per heavy atom. The van der Waals surface area contributed by atoms with Gasteiger partial charge in [0.1, 0.15) is 5.75 Å². The molecule has 1 fully saturated rings. The third kappa shape index (κ3) is 5.31. The molecular weight excluding hydrogens is 402 g/mol. The lowest BCUT2D eigenvalue weighted by Gasteiger charge is -2.35. The Hall–Kier alpha value is -2.13. The minimum atomic E-state index is -3.88. The number of rotatable bonds is 8. The second-order valence-corrected chi connectivity index (χ2v) is 9.64. The summed E-state index contributed by atoms with van der Waals surface area (Å²) in [7, 11) is -0.297. The van der Waals surface area contributed by atoms with Crippen molar-refractivity contribution in [2.45, 2.75) is 17.9 Å². The molecule has 1 heterocycles. The number of para-hydroxylation sites is 2. The lowest BCUT2D eigenvalue weighted by Crippen LogP contribution is -2.49. The number of anilines is 1. The number of nitrogens with zero attached hydrogens (tertiary/aromatic N) is 3. The van der Waals surface area contributed by atoms with Crippen LogP contribution in [-0.2, 0) is 10.0 Å². The van der Waals surface area contributed by atoms with E-state index >= 15 is 0 Å². The highest BCUT2D eigenvalue weighted by Crippen LogP contribution is 2.32. The summed E-state index contributed by atoms with van der Waals surface area (Å²) in [6, 6.07) is 13.7. The van der Waals surface area contributed by atoms with E-state index in [9.17, 15) is 13.5 Å². The second-order valence-electron chi connectivity index (χ2n) is 7.78. The van der Waals surface area contributed by atoms with Gasteiger partial charge < -0.3 is 14.7 Å². The molecule has 0 aromatic heterocycles. The smallest absolute Gasteiger partial charge is 0.264 e. The summed E-state index contributed by atoms with van der Waals surface area (Å²) in [5, 5.41) is 10.8. The number of methoxy groups -OCH3 is 1. The fourth-order valence-corrected chi connectivity index (χ4v) is 5.09. The first-order valence-corrected chi connectivity index (χ1v) is 11.6. The summed E-state index contributed by atoms with van der Waals surface area (Å²) in [6.07, 6.45) is -0.835. The minimum Gasteiger partial charge on any atom is -0.495 e. The van der Waals surface area contributed by atoms with Gasteiger partial charge in [0.25, 0.3) is 10.0 Å². The Balaban J connectivity index is 1.89. The van der Waals surface area contributed by atoms with Gasteiger partial charge in [-0.1, -0.05) is 29.8 Å². The van der Waals surface area contributed by atoms with Crippen molar-refractivity contribution in [1.82, 2.24) is 9.80 Å². The molecule has 8 heteroatoms. The Bertz CT molecular complexity index is 926. The number of aryl methyl sites for hydroxylation is 1. The average Bonchev–Trinajstić information content (AvgIpc) is 2.74. The Kier molecular flexibility index (Phi) is 7.36. The number of aliphatic hydroxyl groups is 1. The van der Waals surface area contributed by atoms with E-state index in [1.165, 1.54) is 11.4 Å². The van der Waals surface area contributed by atoms with E-state index in [0.717, 1.165) is 31.7 Å². The number of piperazine rings is 1. The molecule has 1 aliphatic heterocycles. The van der Waals surface area contributed by atoms with Crippen LogP contribution in [0.15, 0.2) is 53.4 Å². The molecule has 3 rings (SSSR count). The van der Waals surface area contributed by atoms with Crippen LogP contribution in [0.1, 0.15) is 5.56 Å². The maximum Gasteiger partial charge on any atom is 0.264 e. The van der Waals surface area contributed by atoms with Gasteiger partial charge >= 0.3 is 0 Å². The van der Waals surface area contributed by atoms with Crippen molar-refractivity contribution in [3.63, 3.8) is 0 Å². The predicted molar refractivity (Wildman–Crippen MR) is 119 cm³/mol. The number of benzene rings is 2. The number of hydrogen-bond donors (Lipinski definition) is 1. The molecule has 30 heavy (non-hydrogen) atoms. The van der Waals surface area contributed by atoms with Crippen LogP contribution in [0.4, 0.5) is 5.69 Å². The number of hydrogen-bond acceptors (Lipinski definition) is 6. The molecule has 0 unspecified atom stereocenters. The first-order chi connectivity index (χ1) is 14.3. The van der Waals surface area contributed by atoms with E-state index in [4.69, 9.17) is 4.74 Å². The van der Waals surface area contributed by atoms with Gasteiger partial charge in [-0.05, 0) is 38.2 Å². The normalized spacial score (nSPS) is 16.9. The fourth-order valence-electron chi connectivity index (χ4n) is 3.58. The summed E-state index contributed by atoms with van der Waals surface area (Å²) in [4.78, 5) is 4.60. The van der Waals surface area contributed by atoms with E-state index in [0.29, 0.717) is 18.0 Å². The Morgan fingerprint density at radius 3 is 2.33 bits per heavy atom. The summed E-state index contributed by atoms with van der Waals surface area (Å²) in [5.41, 5.74) is 1.39. The predicted octanol–water partition coefficient (Wildman–Crippen LogP) is 1.81. The van der Waals surface area contributed by atoms with Crippen LogP contribution < -0.4 is 9.04 Å². The maximum atomic E-state index is 13.5. The Labute approximate surface area is 179 Å². The van der Waals surface area contributed by atoms with Gasteiger partial charge in [-0.25, -0.2) is 8.42 Å². The topological polar surface area (TPSA) is 73.3 Å². The van der Waals surface area contributed by atoms with Crippen LogP contribution >= 0.6 is 0 Å². The molecule has 164 valence electrons. The minimum absolute atomic E-state index is 0.0527. The molecular formula is C22H31N3O4S. The van der Waals surface area contributed by atoms with Gasteiger partial charge in [0.2, 0.25) is 0 Å². The number of sulfonamides is 1. The molecule has 1 saturated heterocycles. The maximum absolute atomic E-state index is 13.5. The van der Waals surface area contributed by atoms with Crippen LogP contribution in [0.2, 0.25) is 0 Å². The van der Waals surface area contributed by atoms with Gasteiger partial charge in [0, 0.05) is 32.7 Å². The van der Waals surface area contributed by atoms with E-state index in [2.05, 4.69) is 16.8 Å². The molecule has 0 amide bonds. The standard InChI is InChI=1S/C22H31N3O4S/c1-18-8-10-20(11-9-18)30(27,28)25(21-6-4-5-7-22(21)29-3)17-19(26)16-24-14-12-23(2)13-15-24/h4-11,19,26H,12-17H2,1-3H3/t19-/m1/s1. The zero-order valence-corrected chi connectivity index (χ0v) is 18.7. The third-order valence-electron chi connectivity index (χ3n) is 5.40. The van der Waals surface area contributed by atoms with Gasteiger partial charge in [0.05, 0.1) is 30.3 Å². The van der Waals surface area contributed by atoms with E-state index in [1.807, 2.05) is 6.92 Å². The lowest BCUT2D eigenvalue weighted by atomic mass is 10.2. The molecule has 1 N–H and O–H groups in total. The molecule has 2 aromatic carbocycles. The van der Waals surface area contributed by atoms with Crippen molar-refractivity contribution in [3.8, 4) is 5.75 Å². The number of β-amino-alcohol motifs (C(OH)–C–C–N with tert-alkyl or cyclic N) is 1. The highest BCUT2D eigenvalue weighted by molar-refractivity contribution is 7.92. The highest BCUT2D eigenvalue weighted by Gasteiger charge is 2.30. The summed E-state index contributed by atoms with van der Waals surface area (Å²) in [6.45, 7) is 5.86. The van der Waals surface area contributed by atoms with Crippen molar-refractivity contribution in [3.05, 3.63) is 54.1 Å². The molecule has 7 nitrogen and oxygen atoms in total. The first-order valence-electron chi connectivity index (χ1n) is 10.1. The molecule has 0 aliphatic carbocycles. The van der Waals surface area contributed by atoms with Crippen molar-refractivity contribution in [1.29, 1.82) is 0 Å². The van der Waals surface area contributed by atoms with E-state index < -0.39 is 16.1 Å². The van der Waals surface area contributed by atoms with Crippen LogP contribution in [0.3, 0.4) is 0 Å². The number of ether oxygens (including phenoxy) is 1. The van der Waals surface area contributed by atoms with Gasteiger partial charge in [-0.2, -0.15) is 0 Å². The molecule has 2 aromatic rings. The average molecular weight is 434 g/mol. The molecule has 0 bridgehead atoms. The summed E-state index contributed by atoms with van der Waals surface area (Å²) >= 11 is 0. The van der Waals surface area contributed by atoms with Gasteiger partial charge in [-0.3, -0.25) is 9.21 Å². The monoisotopic (exact) mass is 433 g/mol. The largest absolute Gasteiger partial charge is 0.495 e. The summed E-state index contributed by atoms with van der Waals surface area (Å²) in [5.74, 6) is 0.444. The first kappa shape index (κ1) is 22.6. The van der Waals surface area contributed by atoms with Crippen LogP contribution in [0.25, 0.3) is 0 Å². The summed E-state index contributed by atoms with van der Waals surface area (Å²) < 4.78 is 33.7. The van der Waals surface area contributed by atoms with Gasteiger partial charge in [0.15, 0.2) is 0 Å². The molecule has 1 aliphatic rings. The lowest BCUT2D eigenvalue weighted by molar-refractivity contribution is 0.0853. The van der Waals surface area contributed by atoms with Crippen molar-refractivity contribution < 1.29 is 18.3 Å². The van der Waals surface area contributed by atoms with Crippen LogP contribution in [0.5, 0.6) is 5.75 Å². The van der Waals surface area contributed by atoms with Crippen molar-refractivity contribution in [2.75, 3.05) is 57.7 Å². The van der Waals surface area contributed by atoms with Crippen LogP contribution in [0, 0.1) is 6.92 Å². The zero-order valence-electron chi connectivity index (χ0n) is 17.9. The van der Waals surface area contributed by atoms with Crippen LogP contribution in [-0.4, -0.2) is 82.9 Å². The molecule has 0 spiro atoms. The number of likely N-dealkylation sites (N-methyl/N-ethyl adjacent to an activating group) is 1. The third-order valence-corrected chi connectivity index (χ3v) is 7.20. The van der Waals surface area contributed by atoms with Crippen molar-refractivity contribution in [2.24, 2.45) is 0 Å². The Morgan fingerprint density at radius 1 is 1.07 bits per heavy atom. The molecule has 1 atom stereocenters. The quantitative estimate of drug-likeness (QED) is 0.685.